The Morgan fingerprint density at radius 1 is 1.00 bits per heavy atom. The van der Waals surface area contributed by atoms with E-state index in [4.69, 9.17) is 10.5 Å². The van der Waals surface area contributed by atoms with Gasteiger partial charge in [-0.3, -0.25) is 0 Å². The SMILES string of the molecule is N#CC12CCC1(C#N)C2. The van der Waals surface area contributed by atoms with Crippen LogP contribution >= 0.6 is 0 Å². The second kappa shape index (κ2) is 0.977. The van der Waals surface area contributed by atoms with E-state index in [1.54, 1.807) is 0 Å². The number of nitriles is 2. The first-order valence-electron chi connectivity index (χ1n) is 3.11. The van der Waals surface area contributed by atoms with Crippen LogP contribution in [0.25, 0.3) is 0 Å². The van der Waals surface area contributed by atoms with E-state index >= 15 is 0 Å². The zero-order chi connectivity index (χ0) is 6.54. The Morgan fingerprint density at radius 2 is 1.44 bits per heavy atom. The summed E-state index contributed by atoms with van der Waals surface area (Å²) in [5.41, 5.74) is -0.358. The van der Waals surface area contributed by atoms with Crippen LogP contribution in [0.3, 0.4) is 0 Å². The first-order valence-corrected chi connectivity index (χ1v) is 3.11. The highest BCUT2D eigenvalue weighted by molar-refractivity contribution is 5.38. The van der Waals surface area contributed by atoms with E-state index in [0.717, 1.165) is 19.3 Å². The van der Waals surface area contributed by atoms with Gasteiger partial charge in [0.05, 0.1) is 23.0 Å². The Hall–Kier alpha value is -1.02. The maximum atomic E-state index is 8.58. The number of rotatable bonds is 0. The van der Waals surface area contributed by atoms with Crippen molar-refractivity contribution in [2.24, 2.45) is 10.8 Å². The van der Waals surface area contributed by atoms with E-state index in [0.29, 0.717) is 0 Å². The van der Waals surface area contributed by atoms with Gasteiger partial charge in [-0.25, -0.2) is 0 Å². The molecular weight excluding hydrogens is 112 g/mol. The molecular formula is C7H6N2. The van der Waals surface area contributed by atoms with Crippen LogP contribution in [0.4, 0.5) is 0 Å². The summed E-state index contributed by atoms with van der Waals surface area (Å²) in [6.45, 7) is 0. The van der Waals surface area contributed by atoms with Gasteiger partial charge in [-0.15, -0.1) is 0 Å². The lowest BCUT2D eigenvalue weighted by Gasteiger charge is -2.23. The van der Waals surface area contributed by atoms with Crippen molar-refractivity contribution in [3.05, 3.63) is 0 Å². The topological polar surface area (TPSA) is 47.6 Å². The van der Waals surface area contributed by atoms with E-state index in [1.165, 1.54) is 0 Å². The summed E-state index contributed by atoms with van der Waals surface area (Å²) in [4.78, 5) is 0. The summed E-state index contributed by atoms with van der Waals surface area (Å²) >= 11 is 0. The van der Waals surface area contributed by atoms with Gasteiger partial charge in [-0.2, -0.15) is 10.5 Å². The van der Waals surface area contributed by atoms with E-state index in [2.05, 4.69) is 12.1 Å². The van der Waals surface area contributed by atoms with Crippen molar-refractivity contribution in [3.63, 3.8) is 0 Å². The van der Waals surface area contributed by atoms with Crippen molar-refractivity contribution in [2.45, 2.75) is 19.3 Å². The Bertz CT molecular complexity index is 219. The molecule has 0 amide bonds. The molecule has 0 bridgehead atoms. The van der Waals surface area contributed by atoms with Gasteiger partial charge in [0, 0.05) is 0 Å². The Balaban J connectivity index is 2.33. The Kier molecular flexibility index (Phi) is 0.524. The first kappa shape index (κ1) is 4.82. The summed E-state index contributed by atoms with van der Waals surface area (Å²) in [5, 5.41) is 17.2. The molecule has 2 nitrogen and oxygen atoms in total. The molecule has 44 valence electrons. The number of hydrogen-bond donors (Lipinski definition) is 0. The Labute approximate surface area is 53.7 Å². The van der Waals surface area contributed by atoms with Gasteiger partial charge in [-0.1, -0.05) is 0 Å². The van der Waals surface area contributed by atoms with Crippen LogP contribution < -0.4 is 0 Å². The molecule has 9 heavy (non-hydrogen) atoms. The molecule has 0 heterocycles. The molecule has 0 saturated heterocycles. The van der Waals surface area contributed by atoms with Gasteiger partial charge in [-0.05, 0) is 19.3 Å². The quantitative estimate of drug-likeness (QED) is 0.480. The van der Waals surface area contributed by atoms with Gasteiger partial charge in [0.2, 0.25) is 0 Å². The maximum absolute atomic E-state index is 8.58. The zero-order valence-corrected chi connectivity index (χ0v) is 5.02. The zero-order valence-electron chi connectivity index (χ0n) is 5.02. The average molecular weight is 118 g/mol. The lowest BCUT2D eigenvalue weighted by molar-refractivity contribution is 0.303. The molecule has 0 aromatic heterocycles. The third kappa shape index (κ3) is 0.277. The fraction of sp³-hybridized carbons (Fsp3) is 0.714. The third-order valence-electron chi connectivity index (χ3n) is 2.80. The predicted molar refractivity (Wildman–Crippen MR) is 29.9 cm³/mol. The molecule has 2 fully saturated rings. The summed E-state index contributed by atoms with van der Waals surface area (Å²) < 4.78 is 0. The van der Waals surface area contributed by atoms with Crippen molar-refractivity contribution in [1.82, 2.24) is 0 Å². The largest absolute Gasteiger partial charge is 0.198 e. The fourth-order valence-electron chi connectivity index (χ4n) is 1.78. The van der Waals surface area contributed by atoms with Crippen molar-refractivity contribution in [2.75, 3.05) is 0 Å². The summed E-state index contributed by atoms with van der Waals surface area (Å²) in [7, 11) is 0. The minimum atomic E-state index is -0.179. The van der Waals surface area contributed by atoms with E-state index < -0.39 is 0 Å². The predicted octanol–water partition coefficient (Wildman–Crippen LogP) is 1.20. The molecule has 2 aliphatic carbocycles. The van der Waals surface area contributed by atoms with Crippen molar-refractivity contribution < 1.29 is 0 Å². The second-order valence-corrected chi connectivity index (χ2v) is 3.06. The summed E-state index contributed by atoms with van der Waals surface area (Å²) in [6, 6.07) is 4.44. The minimum Gasteiger partial charge on any atom is -0.198 e. The molecule has 0 aliphatic heterocycles. The highest BCUT2D eigenvalue weighted by Crippen LogP contribution is 2.76. The lowest BCUT2D eigenvalue weighted by Crippen LogP contribution is -2.22. The summed E-state index contributed by atoms with van der Waals surface area (Å²) in [5.74, 6) is 0. The number of nitrogens with zero attached hydrogens (tertiary/aromatic N) is 2. The first-order chi connectivity index (χ1) is 4.29. The molecule has 2 rings (SSSR count). The highest BCUT2D eigenvalue weighted by Gasteiger charge is 2.75. The van der Waals surface area contributed by atoms with Gasteiger partial charge in [0.15, 0.2) is 0 Å². The standard InChI is InChI=1S/C7H6N2/c8-4-6-1-2-7(6,3-6)5-9/h1-3H2. The van der Waals surface area contributed by atoms with Gasteiger partial charge in [0.25, 0.3) is 0 Å². The molecule has 0 spiro atoms. The fourth-order valence-corrected chi connectivity index (χ4v) is 1.78. The third-order valence-corrected chi connectivity index (χ3v) is 2.80. The second-order valence-electron chi connectivity index (χ2n) is 3.06. The molecule has 0 radical (unpaired) electrons. The highest BCUT2D eigenvalue weighted by atomic mass is 14.8. The van der Waals surface area contributed by atoms with Crippen LogP contribution in [0.1, 0.15) is 19.3 Å². The van der Waals surface area contributed by atoms with Crippen molar-refractivity contribution in [3.8, 4) is 12.1 Å². The minimum absolute atomic E-state index is 0.179. The molecule has 2 atom stereocenters. The average Bonchev–Trinajstić information content (AvgIpc) is 2.33. The van der Waals surface area contributed by atoms with E-state index in [-0.39, 0.29) is 10.8 Å². The van der Waals surface area contributed by atoms with Gasteiger partial charge >= 0.3 is 0 Å². The van der Waals surface area contributed by atoms with Crippen LogP contribution in [-0.4, -0.2) is 0 Å². The summed E-state index contributed by atoms with van der Waals surface area (Å²) in [6.07, 6.45) is 2.75. The maximum Gasteiger partial charge on any atom is 0.0776 e. The van der Waals surface area contributed by atoms with Crippen molar-refractivity contribution >= 4 is 0 Å². The number of hydrogen-bond acceptors (Lipinski definition) is 2. The molecule has 2 aliphatic rings. The number of fused-ring (bicyclic) bond motifs is 1. The normalized spacial score (nSPS) is 51.8. The lowest BCUT2D eigenvalue weighted by atomic mass is 9.76. The monoisotopic (exact) mass is 118 g/mol. The smallest absolute Gasteiger partial charge is 0.0776 e. The van der Waals surface area contributed by atoms with Gasteiger partial charge in [0.1, 0.15) is 0 Å². The van der Waals surface area contributed by atoms with Crippen LogP contribution in [-0.2, 0) is 0 Å². The molecule has 2 heteroatoms. The van der Waals surface area contributed by atoms with E-state index in [1.807, 2.05) is 0 Å². The molecule has 2 saturated carbocycles. The van der Waals surface area contributed by atoms with Crippen molar-refractivity contribution in [1.29, 1.82) is 10.5 Å². The van der Waals surface area contributed by atoms with Crippen LogP contribution in [0.5, 0.6) is 0 Å². The Morgan fingerprint density at radius 3 is 1.56 bits per heavy atom. The van der Waals surface area contributed by atoms with E-state index in [9.17, 15) is 0 Å². The molecule has 0 aromatic carbocycles. The molecule has 0 aromatic rings. The molecule has 2 unspecified atom stereocenters. The van der Waals surface area contributed by atoms with Crippen LogP contribution in [0.2, 0.25) is 0 Å². The van der Waals surface area contributed by atoms with Crippen LogP contribution in [0, 0.1) is 33.5 Å². The van der Waals surface area contributed by atoms with Crippen LogP contribution in [0.15, 0.2) is 0 Å². The molecule has 0 N–H and O–H groups in total. The van der Waals surface area contributed by atoms with Gasteiger partial charge < -0.3 is 0 Å².